The van der Waals surface area contributed by atoms with Crippen molar-refractivity contribution in [2.24, 2.45) is 0 Å². The Labute approximate surface area is 156 Å². The zero-order valence-electron chi connectivity index (χ0n) is 15.0. The first-order valence-electron chi connectivity index (χ1n) is 9.73. The second kappa shape index (κ2) is 6.41. The van der Waals surface area contributed by atoms with Crippen molar-refractivity contribution in [2.75, 3.05) is 13.1 Å². The Morgan fingerprint density at radius 1 is 1.11 bits per heavy atom. The van der Waals surface area contributed by atoms with E-state index in [0.29, 0.717) is 11.4 Å². The van der Waals surface area contributed by atoms with Gasteiger partial charge in [-0.2, -0.15) is 5.10 Å². The summed E-state index contributed by atoms with van der Waals surface area (Å²) in [5.74, 6) is -1.79. The van der Waals surface area contributed by atoms with Crippen LogP contribution in [0, 0.1) is 11.6 Å². The summed E-state index contributed by atoms with van der Waals surface area (Å²) in [7, 11) is 0. The van der Waals surface area contributed by atoms with E-state index < -0.39 is 11.6 Å². The molecule has 1 aliphatic carbocycles. The van der Waals surface area contributed by atoms with Gasteiger partial charge in [0.1, 0.15) is 0 Å². The van der Waals surface area contributed by atoms with Gasteiger partial charge in [0, 0.05) is 36.0 Å². The molecule has 27 heavy (non-hydrogen) atoms. The predicted octanol–water partition coefficient (Wildman–Crippen LogP) is 2.61. The number of aromatic nitrogens is 2. The van der Waals surface area contributed by atoms with Crippen molar-refractivity contribution < 1.29 is 13.6 Å². The first-order chi connectivity index (χ1) is 13.1. The van der Waals surface area contributed by atoms with Crippen LogP contribution < -0.4 is 5.32 Å². The van der Waals surface area contributed by atoms with E-state index in [0.717, 1.165) is 75.0 Å². The lowest BCUT2D eigenvalue weighted by molar-refractivity contribution is 0.0672. The highest BCUT2D eigenvalue weighted by Gasteiger charge is 2.41. The number of amides is 1. The number of carbonyl (C=O) groups excluding carboxylic acids is 1. The van der Waals surface area contributed by atoms with Crippen LogP contribution >= 0.6 is 0 Å². The molecule has 0 radical (unpaired) electrons. The lowest BCUT2D eigenvalue weighted by Gasteiger charge is -2.27. The van der Waals surface area contributed by atoms with Crippen LogP contribution in [0.3, 0.4) is 0 Å². The molecule has 5 rings (SSSR count). The topological polar surface area (TPSA) is 50.2 Å². The van der Waals surface area contributed by atoms with Crippen molar-refractivity contribution in [3.8, 4) is 5.69 Å². The smallest absolute Gasteiger partial charge is 0.275 e. The maximum Gasteiger partial charge on any atom is 0.275 e. The lowest BCUT2D eigenvalue weighted by atomic mass is 10.1. The fraction of sp³-hybridized carbons (Fsp3) is 0.500. The van der Waals surface area contributed by atoms with Crippen molar-refractivity contribution in [1.82, 2.24) is 20.0 Å². The summed E-state index contributed by atoms with van der Waals surface area (Å²) < 4.78 is 28.7. The third-order valence-electron chi connectivity index (χ3n) is 6.17. The predicted molar refractivity (Wildman–Crippen MR) is 96.0 cm³/mol. The Morgan fingerprint density at radius 2 is 1.96 bits per heavy atom. The number of hydrogen-bond donors (Lipinski definition) is 1. The first kappa shape index (κ1) is 16.9. The number of hydrogen-bond acceptors (Lipinski definition) is 3. The van der Waals surface area contributed by atoms with Gasteiger partial charge in [-0.05, 0) is 57.2 Å². The highest BCUT2D eigenvalue weighted by atomic mass is 19.2. The molecule has 1 aromatic heterocycles. The number of nitrogens with zero attached hydrogens (tertiary/aromatic N) is 3. The standard InChI is InChI=1S/C20H22F2N4O/c21-16-7-6-13(10-17(16)22)26-18-3-1-2-15(18)19(24-26)20(27)25-12-4-5-14(25)11-23-9-8-12/h6-7,10,12,14,23H,1-5,8-9,11H2. The zero-order chi connectivity index (χ0) is 18.5. The van der Waals surface area contributed by atoms with Crippen molar-refractivity contribution in [3.63, 3.8) is 0 Å². The van der Waals surface area contributed by atoms with Crippen molar-refractivity contribution in [1.29, 1.82) is 0 Å². The second-order valence-electron chi connectivity index (χ2n) is 7.73. The Balaban J connectivity index is 1.55. The Bertz CT molecular complexity index is 896. The maximum atomic E-state index is 13.7. The normalized spacial score (nSPS) is 24.1. The van der Waals surface area contributed by atoms with E-state index in [2.05, 4.69) is 10.4 Å². The Hall–Kier alpha value is -2.28. The molecule has 2 fully saturated rings. The fourth-order valence-corrected chi connectivity index (χ4v) is 4.88. The summed E-state index contributed by atoms with van der Waals surface area (Å²) in [4.78, 5) is 15.5. The van der Waals surface area contributed by atoms with Gasteiger partial charge in [-0.1, -0.05) is 0 Å². The average molecular weight is 372 g/mol. The van der Waals surface area contributed by atoms with Gasteiger partial charge in [0.15, 0.2) is 17.3 Å². The molecule has 2 aromatic rings. The minimum Gasteiger partial charge on any atom is -0.330 e. The summed E-state index contributed by atoms with van der Waals surface area (Å²) in [6, 6.07) is 4.25. The molecule has 2 aliphatic heterocycles. The third-order valence-corrected chi connectivity index (χ3v) is 6.17. The molecule has 3 heterocycles. The van der Waals surface area contributed by atoms with Crippen molar-refractivity contribution in [2.45, 2.75) is 50.6 Å². The minimum atomic E-state index is -0.903. The largest absolute Gasteiger partial charge is 0.330 e. The molecule has 0 saturated carbocycles. The Kier molecular flexibility index (Phi) is 4.00. The zero-order valence-corrected chi connectivity index (χ0v) is 15.0. The van der Waals surface area contributed by atoms with Gasteiger partial charge < -0.3 is 10.2 Å². The number of halogens is 2. The van der Waals surface area contributed by atoms with Crippen LogP contribution in [0.25, 0.3) is 5.69 Å². The van der Waals surface area contributed by atoms with Crippen LogP contribution in [-0.4, -0.2) is 45.8 Å². The van der Waals surface area contributed by atoms with Gasteiger partial charge in [-0.25, -0.2) is 13.5 Å². The maximum absolute atomic E-state index is 13.7. The summed E-state index contributed by atoms with van der Waals surface area (Å²) in [6.45, 7) is 1.76. The number of nitrogens with one attached hydrogen (secondary N) is 1. The quantitative estimate of drug-likeness (QED) is 0.882. The molecule has 2 bridgehead atoms. The number of rotatable bonds is 2. The SMILES string of the molecule is O=C(c1nn(-c2ccc(F)c(F)c2)c2c1CCC2)N1C2CCNCC1CC2. The highest BCUT2D eigenvalue weighted by Crippen LogP contribution is 2.33. The molecular formula is C20H22F2N4O. The molecule has 1 N–H and O–H groups in total. The molecule has 1 aromatic carbocycles. The van der Waals surface area contributed by atoms with Crippen LogP contribution in [0.15, 0.2) is 18.2 Å². The molecule has 5 nitrogen and oxygen atoms in total. The summed E-state index contributed by atoms with van der Waals surface area (Å²) in [5.41, 5.74) is 2.88. The van der Waals surface area contributed by atoms with E-state index in [4.69, 9.17) is 0 Å². The van der Waals surface area contributed by atoms with Crippen LogP contribution in [0.5, 0.6) is 0 Å². The Morgan fingerprint density at radius 3 is 2.81 bits per heavy atom. The van der Waals surface area contributed by atoms with Crippen LogP contribution in [0.4, 0.5) is 8.78 Å². The van der Waals surface area contributed by atoms with Gasteiger partial charge >= 0.3 is 0 Å². The molecule has 142 valence electrons. The van der Waals surface area contributed by atoms with Crippen LogP contribution in [-0.2, 0) is 12.8 Å². The van der Waals surface area contributed by atoms with Crippen LogP contribution in [0.2, 0.25) is 0 Å². The second-order valence-corrected chi connectivity index (χ2v) is 7.73. The fourth-order valence-electron chi connectivity index (χ4n) is 4.88. The highest BCUT2D eigenvalue weighted by molar-refractivity contribution is 5.95. The summed E-state index contributed by atoms with van der Waals surface area (Å²) in [6.07, 6.45) is 5.59. The molecule has 3 aliphatic rings. The van der Waals surface area contributed by atoms with E-state index in [9.17, 15) is 13.6 Å². The number of fused-ring (bicyclic) bond motifs is 3. The van der Waals surface area contributed by atoms with E-state index in [1.165, 1.54) is 6.07 Å². The van der Waals surface area contributed by atoms with Gasteiger partial charge in [0.25, 0.3) is 5.91 Å². The van der Waals surface area contributed by atoms with E-state index in [-0.39, 0.29) is 18.0 Å². The van der Waals surface area contributed by atoms with Gasteiger partial charge in [0.05, 0.1) is 5.69 Å². The summed E-state index contributed by atoms with van der Waals surface area (Å²) in [5, 5.41) is 8.00. The molecule has 0 spiro atoms. The number of carbonyl (C=O) groups is 1. The molecule has 2 atom stereocenters. The van der Waals surface area contributed by atoms with Crippen molar-refractivity contribution in [3.05, 3.63) is 46.8 Å². The average Bonchev–Trinajstić information content (AvgIpc) is 3.30. The molecule has 7 heteroatoms. The van der Waals surface area contributed by atoms with E-state index >= 15 is 0 Å². The van der Waals surface area contributed by atoms with E-state index in [1.54, 1.807) is 4.68 Å². The lowest BCUT2D eigenvalue weighted by Crippen LogP contribution is -2.43. The number of benzene rings is 1. The summed E-state index contributed by atoms with van der Waals surface area (Å²) >= 11 is 0. The molecule has 1 amide bonds. The minimum absolute atomic E-state index is 0.00863. The first-order valence-corrected chi connectivity index (χ1v) is 9.73. The molecule has 2 unspecified atom stereocenters. The molecular weight excluding hydrogens is 350 g/mol. The molecule has 2 saturated heterocycles. The van der Waals surface area contributed by atoms with Gasteiger partial charge in [-0.3, -0.25) is 4.79 Å². The third kappa shape index (κ3) is 2.67. The van der Waals surface area contributed by atoms with Gasteiger partial charge in [-0.15, -0.1) is 0 Å². The van der Waals surface area contributed by atoms with Gasteiger partial charge in [0.2, 0.25) is 0 Å². The van der Waals surface area contributed by atoms with E-state index in [1.807, 2.05) is 4.90 Å². The monoisotopic (exact) mass is 372 g/mol. The van der Waals surface area contributed by atoms with Crippen LogP contribution in [0.1, 0.15) is 47.4 Å². The van der Waals surface area contributed by atoms with Crippen molar-refractivity contribution >= 4 is 5.91 Å².